The second kappa shape index (κ2) is 4.18. The van der Waals surface area contributed by atoms with Gasteiger partial charge in [0.05, 0.1) is 19.3 Å². The zero-order chi connectivity index (χ0) is 11.7. The molecule has 17 heavy (non-hydrogen) atoms. The van der Waals surface area contributed by atoms with Crippen LogP contribution in [0.25, 0.3) is 0 Å². The van der Waals surface area contributed by atoms with Crippen LogP contribution in [0.4, 0.5) is 5.82 Å². The third-order valence-corrected chi connectivity index (χ3v) is 3.00. The molecular weight excluding hydrogens is 216 g/mol. The van der Waals surface area contributed by atoms with Crippen LogP contribution in [0.1, 0.15) is 17.2 Å². The Morgan fingerprint density at radius 3 is 3.12 bits per heavy atom. The number of anilines is 1. The zero-order valence-corrected chi connectivity index (χ0v) is 9.41. The van der Waals surface area contributed by atoms with Gasteiger partial charge in [0.25, 0.3) is 0 Å². The Labute approximate surface area is 99.2 Å². The van der Waals surface area contributed by atoms with Gasteiger partial charge >= 0.3 is 0 Å². The summed E-state index contributed by atoms with van der Waals surface area (Å²) < 4.78 is 7.51. The summed E-state index contributed by atoms with van der Waals surface area (Å²) in [5.41, 5.74) is 8.14. The number of nitrogens with zero attached hydrogens (tertiary/aromatic N) is 3. The molecule has 5 heteroatoms. The Balaban J connectivity index is 1.85. The second-order valence-electron chi connectivity index (χ2n) is 4.17. The van der Waals surface area contributed by atoms with Gasteiger partial charge in [-0.25, -0.2) is 4.68 Å². The molecule has 1 aliphatic heterocycles. The third kappa shape index (κ3) is 2.01. The number of hydrogen-bond donors (Lipinski definition) is 1. The number of ether oxygens (including phenoxy) is 1. The van der Waals surface area contributed by atoms with Gasteiger partial charge in [0.2, 0.25) is 0 Å². The smallest absolute Gasteiger partial charge is 0.165 e. The molecule has 3 rings (SSSR count). The maximum Gasteiger partial charge on any atom is 0.165 e. The van der Waals surface area contributed by atoms with Gasteiger partial charge in [0.15, 0.2) is 5.82 Å². The average molecular weight is 230 g/mol. The van der Waals surface area contributed by atoms with Crippen molar-refractivity contribution in [2.24, 2.45) is 0 Å². The summed E-state index contributed by atoms with van der Waals surface area (Å²) in [6.45, 7) is 1.41. The molecule has 0 bridgehead atoms. The van der Waals surface area contributed by atoms with Crippen molar-refractivity contribution in [1.82, 2.24) is 15.0 Å². The lowest BCUT2D eigenvalue weighted by atomic mass is 9.98. The Morgan fingerprint density at radius 1 is 1.41 bits per heavy atom. The van der Waals surface area contributed by atoms with Crippen molar-refractivity contribution in [3.63, 3.8) is 0 Å². The monoisotopic (exact) mass is 230 g/mol. The topological polar surface area (TPSA) is 66.0 Å². The van der Waals surface area contributed by atoms with E-state index in [1.807, 2.05) is 6.07 Å². The minimum absolute atomic E-state index is 0.0426. The maximum absolute atomic E-state index is 5.79. The van der Waals surface area contributed by atoms with E-state index in [0.29, 0.717) is 12.4 Å². The molecule has 1 aliphatic rings. The van der Waals surface area contributed by atoms with Gasteiger partial charge in [-0.2, -0.15) is 0 Å². The van der Waals surface area contributed by atoms with Crippen molar-refractivity contribution in [1.29, 1.82) is 0 Å². The van der Waals surface area contributed by atoms with Gasteiger partial charge in [0, 0.05) is 0 Å². The summed E-state index contributed by atoms with van der Waals surface area (Å²) in [6.07, 6.45) is 2.74. The van der Waals surface area contributed by atoms with Crippen molar-refractivity contribution < 1.29 is 4.74 Å². The Morgan fingerprint density at radius 2 is 2.29 bits per heavy atom. The molecule has 1 atom stereocenters. The van der Waals surface area contributed by atoms with Crippen LogP contribution in [0.2, 0.25) is 0 Å². The SMILES string of the molecule is Nc1cn(CC2OCCc3ccccc32)nn1. The van der Waals surface area contributed by atoms with Crippen LogP contribution in [-0.2, 0) is 17.7 Å². The van der Waals surface area contributed by atoms with E-state index in [0.717, 1.165) is 13.0 Å². The molecule has 0 fully saturated rings. The molecule has 5 nitrogen and oxygen atoms in total. The Hall–Kier alpha value is -1.88. The third-order valence-electron chi connectivity index (χ3n) is 3.00. The fourth-order valence-electron chi connectivity index (χ4n) is 2.20. The van der Waals surface area contributed by atoms with Crippen LogP contribution in [0.3, 0.4) is 0 Å². The highest BCUT2D eigenvalue weighted by Gasteiger charge is 2.21. The minimum Gasteiger partial charge on any atom is -0.381 e. The normalized spacial score (nSPS) is 18.9. The number of aromatic nitrogens is 3. The Kier molecular flexibility index (Phi) is 2.53. The van der Waals surface area contributed by atoms with Crippen LogP contribution in [0.5, 0.6) is 0 Å². The quantitative estimate of drug-likeness (QED) is 0.841. The highest BCUT2D eigenvalue weighted by atomic mass is 16.5. The highest BCUT2D eigenvalue weighted by Crippen LogP contribution is 2.27. The van der Waals surface area contributed by atoms with Gasteiger partial charge in [-0.1, -0.05) is 29.5 Å². The van der Waals surface area contributed by atoms with E-state index in [4.69, 9.17) is 10.5 Å². The first-order valence-corrected chi connectivity index (χ1v) is 5.68. The molecule has 0 spiro atoms. The van der Waals surface area contributed by atoms with Crippen LogP contribution >= 0.6 is 0 Å². The fourth-order valence-corrected chi connectivity index (χ4v) is 2.20. The zero-order valence-electron chi connectivity index (χ0n) is 9.41. The van der Waals surface area contributed by atoms with Crippen LogP contribution in [0.15, 0.2) is 30.5 Å². The maximum atomic E-state index is 5.79. The van der Waals surface area contributed by atoms with E-state index in [1.165, 1.54) is 11.1 Å². The van der Waals surface area contributed by atoms with E-state index in [-0.39, 0.29) is 6.10 Å². The van der Waals surface area contributed by atoms with Gasteiger partial charge in [-0.3, -0.25) is 0 Å². The first-order chi connectivity index (χ1) is 8.33. The summed E-state index contributed by atoms with van der Waals surface area (Å²) >= 11 is 0. The predicted octanol–water partition coefficient (Wildman–Crippen LogP) is 1.17. The molecular formula is C12H14N4O. The summed E-state index contributed by atoms with van der Waals surface area (Å²) in [4.78, 5) is 0. The van der Waals surface area contributed by atoms with Gasteiger partial charge in [-0.05, 0) is 17.5 Å². The molecule has 0 amide bonds. The van der Waals surface area contributed by atoms with Crippen molar-refractivity contribution in [2.75, 3.05) is 12.3 Å². The number of hydrogen-bond acceptors (Lipinski definition) is 4. The van der Waals surface area contributed by atoms with Crippen molar-refractivity contribution in [3.8, 4) is 0 Å². The molecule has 2 heterocycles. The molecule has 1 unspecified atom stereocenters. The van der Waals surface area contributed by atoms with Crippen molar-refractivity contribution >= 4 is 5.82 Å². The molecule has 2 N–H and O–H groups in total. The van der Waals surface area contributed by atoms with E-state index in [1.54, 1.807) is 10.9 Å². The lowest BCUT2D eigenvalue weighted by molar-refractivity contribution is 0.0279. The molecule has 88 valence electrons. The molecule has 1 aromatic heterocycles. The molecule has 0 saturated carbocycles. The van der Waals surface area contributed by atoms with Crippen LogP contribution in [0, 0.1) is 0 Å². The lowest BCUT2D eigenvalue weighted by Gasteiger charge is -2.25. The number of benzene rings is 1. The first kappa shape index (κ1) is 10.3. The summed E-state index contributed by atoms with van der Waals surface area (Å²) in [5.74, 6) is 0.439. The largest absolute Gasteiger partial charge is 0.381 e. The summed E-state index contributed by atoms with van der Waals surface area (Å²) in [7, 11) is 0. The standard InChI is InChI=1S/C12H14N4O/c13-12-8-16(15-14-12)7-11-10-4-2-1-3-9(10)5-6-17-11/h1-4,8,11H,5-7,13H2. The summed E-state index contributed by atoms with van der Waals surface area (Å²) in [5, 5.41) is 7.72. The molecule has 0 saturated heterocycles. The number of rotatable bonds is 2. The molecule has 0 radical (unpaired) electrons. The number of nitrogen functional groups attached to an aromatic ring is 1. The minimum atomic E-state index is 0.0426. The average Bonchev–Trinajstić information content (AvgIpc) is 2.75. The second-order valence-corrected chi connectivity index (χ2v) is 4.17. The van der Waals surface area contributed by atoms with E-state index in [9.17, 15) is 0 Å². The fraction of sp³-hybridized carbons (Fsp3) is 0.333. The van der Waals surface area contributed by atoms with Gasteiger partial charge in [-0.15, -0.1) is 5.10 Å². The first-order valence-electron chi connectivity index (χ1n) is 5.68. The summed E-state index contributed by atoms with van der Waals surface area (Å²) in [6, 6.07) is 8.37. The van der Waals surface area contributed by atoms with Gasteiger partial charge in [0.1, 0.15) is 6.10 Å². The highest BCUT2D eigenvalue weighted by molar-refractivity contribution is 5.31. The van der Waals surface area contributed by atoms with Crippen molar-refractivity contribution in [3.05, 3.63) is 41.6 Å². The molecule has 2 aromatic rings. The lowest BCUT2D eigenvalue weighted by Crippen LogP contribution is -2.20. The van der Waals surface area contributed by atoms with Crippen molar-refractivity contribution in [2.45, 2.75) is 19.1 Å². The molecule has 1 aromatic carbocycles. The molecule has 0 aliphatic carbocycles. The number of fused-ring (bicyclic) bond motifs is 1. The van der Waals surface area contributed by atoms with Crippen LogP contribution in [-0.4, -0.2) is 21.6 Å². The predicted molar refractivity (Wildman–Crippen MR) is 63.3 cm³/mol. The van der Waals surface area contributed by atoms with Crippen LogP contribution < -0.4 is 5.73 Å². The van der Waals surface area contributed by atoms with E-state index < -0.39 is 0 Å². The van der Waals surface area contributed by atoms with Gasteiger partial charge < -0.3 is 10.5 Å². The number of nitrogens with two attached hydrogens (primary N) is 1. The van der Waals surface area contributed by atoms with E-state index >= 15 is 0 Å². The van der Waals surface area contributed by atoms with E-state index in [2.05, 4.69) is 28.5 Å². The Bertz CT molecular complexity index is 523.